The van der Waals surface area contributed by atoms with E-state index >= 15 is 0 Å². The molecule has 2 aliphatic rings. The van der Waals surface area contributed by atoms with Crippen molar-refractivity contribution in [3.63, 3.8) is 0 Å². The molecule has 0 amide bonds. The van der Waals surface area contributed by atoms with Gasteiger partial charge in [-0.25, -0.2) is 0 Å². The van der Waals surface area contributed by atoms with Crippen molar-refractivity contribution < 1.29 is 19.1 Å². The number of aromatic amines is 1. The molecule has 7 heteroatoms. The first-order valence-corrected chi connectivity index (χ1v) is 14.0. The van der Waals surface area contributed by atoms with E-state index < -0.39 is 6.10 Å². The average molecular weight is 511 g/mol. The standard InChI is InChI=1S/C30H42N2O5/c1-5-23(32-30(2,3)4)27(37-29(35)19-11-8-6-7-9-12-19)22-15-17-24(36-28(34)20-13-10-14-20)26-21(22)16-18-25(33)31-26/h15-20,23,27,32H,5-14H2,1-4H3,(H,31,33). The van der Waals surface area contributed by atoms with E-state index in [1.807, 2.05) is 6.07 Å². The van der Waals surface area contributed by atoms with E-state index in [1.165, 1.54) is 6.07 Å². The lowest BCUT2D eigenvalue weighted by molar-refractivity contribution is -0.157. The normalized spacial score (nSPS) is 19.0. The molecule has 4 rings (SSSR count). The first-order chi connectivity index (χ1) is 17.7. The molecule has 1 heterocycles. The molecule has 1 aromatic carbocycles. The zero-order chi connectivity index (χ0) is 26.6. The van der Waals surface area contributed by atoms with Crippen LogP contribution in [-0.2, 0) is 14.3 Å². The second kappa shape index (κ2) is 11.8. The van der Waals surface area contributed by atoms with Crippen LogP contribution in [0.1, 0.15) is 104 Å². The Hall–Kier alpha value is -2.67. The van der Waals surface area contributed by atoms with E-state index in [2.05, 4.69) is 38.0 Å². The van der Waals surface area contributed by atoms with Crippen molar-refractivity contribution in [3.8, 4) is 5.75 Å². The molecule has 0 saturated heterocycles. The highest BCUT2D eigenvalue weighted by molar-refractivity contribution is 5.90. The molecule has 2 aromatic rings. The second-order valence-corrected chi connectivity index (χ2v) is 11.8. The Morgan fingerprint density at radius 2 is 1.59 bits per heavy atom. The van der Waals surface area contributed by atoms with Gasteiger partial charge in [0.1, 0.15) is 6.10 Å². The zero-order valence-electron chi connectivity index (χ0n) is 22.7. The number of benzene rings is 1. The first-order valence-electron chi connectivity index (χ1n) is 14.0. The smallest absolute Gasteiger partial charge is 0.314 e. The maximum Gasteiger partial charge on any atom is 0.314 e. The molecular formula is C30H42N2O5. The molecule has 2 unspecified atom stereocenters. The number of carbonyl (C=O) groups is 2. The van der Waals surface area contributed by atoms with Crippen LogP contribution in [0, 0.1) is 11.8 Å². The quantitative estimate of drug-likeness (QED) is 0.259. The molecule has 2 atom stereocenters. The minimum absolute atomic E-state index is 0.0844. The number of fused-ring (bicyclic) bond motifs is 1. The Bertz CT molecular complexity index is 1150. The summed E-state index contributed by atoms with van der Waals surface area (Å²) in [5.74, 6) is -0.259. The first kappa shape index (κ1) is 27.4. The third kappa shape index (κ3) is 6.81. The summed E-state index contributed by atoms with van der Waals surface area (Å²) in [6.45, 7) is 8.37. The Kier molecular flexibility index (Phi) is 8.73. The molecule has 2 saturated carbocycles. The zero-order valence-corrected chi connectivity index (χ0v) is 22.7. The van der Waals surface area contributed by atoms with Crippen molar-refractivity contribution in [2.75, 3.05) is 0 Å². The molecule has 0 spiro atoms. The summed E-state index contributed by atoms with van der Waals surface area (Å²) in [5, 5.41) is 4.36. The Balaban J connectivity index is 1.73. The van der Waals surface area contributed by atoms with E-state index in [-0.39, 0.29) is 40.9 Å². The van der Waals surface area contributed by atoms with Crippen LogP contribution >= 0.6 is 0 Å². The molecule has 0 radical (unpaired) electrons. The summed E-state index contributed by atoms with van der Waals surface area (Å²) in [6, 6.07) is 6.66. The van der Waals surface area contributed by atoms with Crippen molar-refractivity contribution in [1.29, 1.82) is 0 Å². The number of carbonyl (C=O) groups excluding carboxylic acids is 2. The fraction of sp³-hybridized carbons (Fsp3) is 0.633. The summed E-state index contributed by atoms with van der Waals surface area (Å²) in [6.07, 6.45) is 9.02. The predicted molar refractivity (Wildman–Crippen MR) is 145 cm³/mol. The van der Waals surface area contributed by atoms with Crippen molar-refractivity contribution >= 4 is 22.8 Å². The molecule has 1 aromatic heterocycles. The van der Waals surface area contributed by atoms with Gasteiger partial charge in [0.25, 0.3) is 0 Å². The molecule has 2 fully saturated rings. The molecule has 202 valence electrons. The number of aromatic nitrogens is 1. The van der Waals surface area contributed by atoms with Crippen LogP contribution < -0.4 is 15.6 Å². The van der Waals surface area contributed by atoms with Gasteiger partial charge in [0, 0.05) is 28.6 Å². The maximum absolute atomic E-state index is 13.5. The number of hydrogen-bond acceptors (Lipinski definition) is 6. The SMILES string of the molecule is CCC(NC(C)(C)C)C(OC(=O)C1CCCCCC1)c1ccc(OC(=O)C2CCC2)c2[nH]c(=O)ccc12. The largest absolute Gasteiger partial charge is 0.456 e. The summed E-state index contributed by atoms with van der Waals surface area (Å²) in [4.78, 5) is 41.2. The molecule has 0 aliphatic heterocycles. The van der Waals surface area contributed by atoms with Gasteiger partial charge in [-0.05, 0) is 65.0 Å². The fourth-order valence-corrected chi connectivity index (χ4v) is 5.46. The second-order valence-electron chi connectivity index (χ2n) is 11.8. The van der Waals surface area contributed by atoms with Crippen LogP contribution in [0.2, 0.25) is 0 Å². The maximum atomic E-state index is 13.5. The van der Waals surface area contributed by atoms with Crippen molar-refractivity contribution in [2.45, 2.75) is 110 Å². The molecule has 2 aliphatic carbocycles. The number of nitrogens with one attached hydrogen (secondary N) is 2. The number of rotatable bonds is 8. The Morgan fingerprint density at radius 3 is 2.19 bits per heavy atom. The molecule has 2 N–H and O–H groups in total. The van der Waals surface area contributed by atoms with Crippen LogP contribution in [-0.4, -0.2) is 28.5 Å². The fourth-order valence-electron chi connectivity index (χ4n) is 5.46. The Labute approximate surface area is 219 Å². The van der Waals surface area contributed by atoms with Crippen molar-refractivity contribution in [3.05, 3.63) is 40.2 Å². The average Bonchev–Trinajstić information content (AvgIpc) is 3.09. The van der Waals surface area contributed by atoms with Gasteiger partial charge < -0.3 is 19.8 Å². The lowest BCUT2D eigenvalue weighted by atomic mass is 9.86. The third-order valence-corrected chi connectivity index (χ3v) is 7.70. The van der Waals surface area contributed by atoms with Crippen LogP contribution in [0.5, 0.6) is 5.75 Å². The van der Waals surface area contributed by atoms with Gasteiger partial charge in [0.15, 0.2) is 5.75 Å². The molecule has 7 nitrogen and oxygen atoms in total. The number of hydrogen-bond donors (Lipinski definition) is 2. The summed E-state index contributed by atoms with van der Waals surface area (Å²) < 4.78 is 12.1. The lowest BCUT2D eigenvalue weighted by Crippen LogP contribution is -2.47. The van der Waals surface area contributed by atoms with Gasteiger partial charge >= 0.3 is 11.9 Å². The Morgan fingerprint density at radius 1 is 0.946 bits per heavy atom. The molecular weight excluding hydrogens is 468 g/mol. The number of H-pyrrole nitrogens is 1. The summed E-state index contributed by atoms with van der Waals surface area (Å²) in [5.41, 5.74) is 0.771. The van der Waals surface area contributed by atoms with Gasteiger partial charge in [-0.1, -0.05) is 45.1 Å². The van der Waals surface area contributed by atoms with Crippen molar-refractivity contribution in [1.82, 2.24) is 10.3 Å². The van der Waals surface area contributed by atoms with E-state index in [1.54, 1.807) is 12.1 Å². The van der Waals surface area contributed by atoms with Crippen LogP contribution in [0.3, 0.4) is 0 Å². The molecule has 37 heavy (non-hydrogen) atoms. The van der Waals surface area contributed by atoms with Gasteiger partial charge in [-0.15, -0.1) is 0 Å². The third-order valence-electron chi connectivity index (χ3n) is 7.70. The highest BCUT2D eigenvalue weighted by Gasteiger charge is 2.34. The van der Waals surface area contributed by atoms with Gasteiger partial charge in [-0.3, -0.25) is 14.4 Å². The van der Waals surface area contributed by atoms with Gasteiger partial charge in [0.2, 0.25) is 5.56 Å². The lowest BCUT2D eigenvalue weighted by Gasteiger charge is -2.35. The van der Waals surface area contributed by atoms with Crippen LogP contribution in [0.15, 0.2) is 29.1 Å². The number of pyridine rings is 1. The number of ether oxygens (including phenoxy) is 2. The molecule has 0 bridgehead atoms. The number of esters is 2. The van der Waals surface area contributed by atoms with Gasteiger partial charge in [-0.2, -0.15) is 0 Å². The van der Waals surface area contributed by atoms with Crippen molar-refractivity contribution in [2.24, 2.45) is 11.8 Å². The van der Waals surface area contributed by atoms with Gasteiger partial charge in [0.05, 0.1) is 17.4 Å². The van der Waals surface area contributed by atoms with E-state index in [0.717, 1.165) is 69.8 Å². The van der Waals surface area contributed by atoms with E-state index in [4.69, 9.17) is 9.47 Å². The highest BCUT2D eigenvalue weighted by atomic mass is 16.5. The van der Waals surface area contributed by atoms with Crippen LogP contribution in [0.25, 0.3) is 10.9 Å². The topological polar surface area (TPSA) is 97.5 Å². The highest BCUT2D eigenvalue weighted by Crippen LogP contribution is 2.37. The monoisotopic (exact) mass is 510 g/mol. The van der Waals surface area contributed by atoms with E-state index in [0.29, 0.717) is 16.7 Å². The predicted octanol–water partition coefficient (Wildman–Crippen LogP) is 5.96. The minimum Gasteiger partial charge on any atom is -0.456 e. The minimum atomic E-state index is -0.565. The summed E-state index contributed by atoms with van der Waals surface area (Å²) in [7, 11) is 0. The summed E-state index contributed by atoms with van der Waals surface area (Å²) >= 11 is 0. The van der Waals surface area contributed by atoms with E-state index in [9.17, 15) is 14.4 Å². The van der Waals surface area contributed by atoms with Crippen LogP contribution in [0.4, 0.5) is 0 Å².